The quantitative estimate of drug-likeness (QED) is 0.704. The third-order valence-corrected chi connectivity index (χ3v) is 3.66. The number of anilines is 1. The van der Waals surface area contributed by atoms with Gasteiger partial charge in [-0.2, -0.15) is 0 Å². The third-order valence-electron chi connectivity index (χ3n) is 3.18. The van der Waals surface area contributed by atoms with Crippen LogP contribution in [-0.4, -0.2) is 11.7 Å². The first-order chi connectivity index (χ1) is 9.15. The van der Waals surface area contributed by atoms with Crippen molar-refractivity contribution in [2.75, 3.05) is 11.9 Å². The summed E-state index contributed by atoms with van der Waals surface area (Å²) in [6.45, 7) is 5.39. The van der Waals surface area contributed by atoms with Gasteiger partial charge in [-0.1, -0.05) is 50.8 Å². The summed E-state index contributed by atoms with van der Waals surface area (Å²) in [4.78, 5) is 0. The van der Waals surface area contributed by atoms with Crippen LogP contribution in [-0.2, 0) is 0 Å². The number of unbranched alkanes of at least 4 members (excludes halogenated alkanes) is 1. The Balaban J connectivity index is 2.34. The molecule has 0 saturated carbocycles. The van der Waals surface area contributed by atoms with Crippen LogP contribution in [0.5, 0.6) is 0 Å². The zero-order chi connectivity index (χ0) is 14.1. The normalized spacial score (nSPS) is 11.9. The Bertz CT molecular complexity index is 395. The van der Waals surface area contributed by atoms with Crippen LogP contribution in [0, 0.1) is 5.92 Å². The molecule has 0 amide bonds. The first-order valence-electron chi connectivity index (χ1n) is 6.96. The summed E-state index contributed by atoms with van der Waals surface area (Å²) in [5.74, 6) is 0.694. The van der Waals surface area contributed by atoms with E-state index in [2.05, 4.69) is 24.5 Å². The fraction of sp³-hybridized carbons (Fsp3) is 0.533. The first-order valence-corrected chi connectivity index (χ1v) is 7.74. The molecule has 0 radical (unpaired) electrons. The molecule has 1 rings (SSSR count). The second kappa shape index (κ2) is 9.16. The number of halogens is 1. The molecular weight excluding hydrogens is 276 g/mol. The van der Waals surface area contributed by atoms with Gasteiger partial charge in [0.05, 0.1) is 0 Å². The summed E-state index contributed by atoms with van der Waals surface area (Å²) < 4.78 is 0. The van der Waals surface area contributed by atoms with Crippen LogP contribution in [0.15, 0.2) is 24.3 Å². The van der Waals surface area contributed by atoms with Gasteiger partial charge in [0.1, 0.15) is 0 Å². The Hall–Kier alpha value is -0.800. The van der Waals surface area contributed by atoms with E-state index >= 15 is 0 Å². The zero-order valence-corrected chi connectivity index (χ0v) is 13.3. The Labute approximate surface area is 126 Å². The molecule has 19 heavy (non-hydrogen) atoms. The van der Waals surface area contributed by atoms with Gasteiger partial charge in [0.15, 0.2) is 5.11 Å². The molecule has 1 aromatic carbocycles. The monoisotopic (exact) mass is 298 g/mol. The van der Waals surface area contributed by atoms with Crippen LogP contribution in [0.4, 0.5) is 5.69 Å². The minimum absolute atomic E-state index is 0.664. The minimum Gasteiger partial charge on any atom is -0.362 e. The van der Waals surface area contributed by atoms with Crippen LogP contribution in [0.2, 0.25) is 5.02 Å². The molecule has 1 atom stereocenters. The fourth-order valence-electron chi connectivity index (χ4n) is 1.92. The lowest BCUT2D eigenvalue weighted by molar-refractivity contribution is 0.446. The van der Waals surface area contributed by atoms with Gasteiger partial charge in [0.2, 0.25) is 0 Å². The number of hydrogen-bond acceptors (Lipinski definition) is 1. The molecule has 4 heteroatoms. The van der Waals surface area contributed by atoms with E-state index < -0.39 is 0 Å². The summed E-state index contributed by atoms with van der Waals surface area (Å²) >= 11 is 11.2. The van der Waals surface area contributed by atoms with Crippen molar-refractivity contribution in [3.8, 4) is 0 Å². The zero-order valence-electron chi connectivity index (χ0n) is 11.7. The van der Waals surface area contributed by atoms with Crippen LogP contribution in [0.3, 0.4) is 0 Å². The van der Waals surface area contributed by atoms with Crippen LogP contribution in [0.1, 0.15) is 39.5 Å². The molecule has 0 saturated heterocycles. The largest absolute Gasteiger partial charge is 0.362 e. The maximum absolute atomic E-state index is 5.93. The molecule has 0 aliphatic carbocycles. The van der Waals surface area contributed by atoms with Gasteiger partial charge in [-0.15, -0.1) is 0 Å². The smallest absolute Gasteiger partial charge is 0.170 e. The summed E-state index contributed by atoms with van der Waals surface area (Å²) in [6, 6.07) is 7.57. The molecule has 0 aliphatic rings. The van der Waals surface area contributed by atoms with Crippen molar-refractivity contribution < 1.29 is 0 Å². The highest BCUT2D eigenvalue weighted by atomic mass is 35.5. The van der Waals surface area contributed by atoms with E-state index in [0.717, 1.165) is 12.2 Å². The van der Waals surface area contributed by atoms with E-state index in [1.165, 1.54) is 25.7 Å². The second-order valence-corrected chi connectivity index (χ2v) is 5.61. The van der Waals surface area contributed by atoms with Gasteiger partial charge in [0, 0.05) is 17.3 Å². The Kier molecular flexibility index (Phi) is 7.84. The summed E-state index contributed by atoms with van der Waals surface area (Å²) in [7, 11) is 0. The molecule has 0 aromatic heterocycles. The molecule has 0 spiro atoms. The molecule has 0 fully saturated rings. The average molecular weight is 299 g/mol. The Morgan fingerprint density at radius 2 is 2.16 bits per heavy atom. The Morgan fingerprint density at radius 1 is 1.37 bits per heavy atom. The number of benzene rings is 1. The van der Waals surface area contributed by atoms with Gasteiger partial charge < -0.3 is 10.6 Å². The van der Waals surface area contributed by atoms with E-state index in [0.29, 0.717) is 16.1 Å². The van der Waals surface area contributed by atoms with Crippen molar-refractivity contribution in [3.63, 3.8) is 0 Å². The first kappa shape index (κ1) is 16.3. The molecule has 2 nitrogen and oxygen atoms in total. The highest BCUT2D eigenvalue weighted by Crippen LogP contribution is 2.15. The molecule has 0 bridgehead atoms. The van der Waals surface area contributed by atoms with Crippen LogP contribution in [0.25, 0.3) is 0 Å². The summed E-state index contributed by atoms with van der Waals surface area (Å²) in [6.07, 6.45) is 4.99. The van der Waals surface area contributed by atoms with Crippen molar-refractivity contribution >= 4 is 34.6 Å². The highest BCUT2D eigenvalue weighted by molar-refractivity contribution is 7.80. The molecule has 106 valence electrons. The summed E-state index contributed by atoms with van der Waals surface area (Å²) in [5.41, 5.74) is 0.923. The minimum atomic E-state index is 0.664. The number of nitrogens with one attached hydrogen (secondary N) is 2. The van der Waals surface area contributed by atoms with Gasteiger partial charge in [-0.05, 0) is 42.8 Å². The van der Waals surface area contributed by atoms with Gasteiger partial charge in [-0.3, -0.25) is 0 Å². The third kappa shape index (κ3) is 6.79. The molecule has 2 N–H and O–H groups in total. The highest BCUT2D eigenvalue weighted by Gasteiger charge is 2.06. The predicted molar refractivity (Wildman–Crippen MR) is 89.0 cm³/mol. The number of rotatable bonds is 7. The van der Waals surface area contributed by atoms with E-state index in [4.69, 9.17) is 23.8 Å². The predicted octanol–water partition coefficient (Wildman–Crippen LogP) is 4.84. The van der Waals surface area contributed by atoms with Crippen LogP contribution >= 0.6 is 23.8 Å². The van der Waals surface area contributed by atoms with E-state index in [9.17, 15) is 0 Å². The lowest BCUT2D eigenvalue weighted by Crippen LogP contribution is -2.32. The van der Waals surface area contributed by atoms with Crippen molar-refractivity contribution in [3.05, 3.63) is 29.3 Å². The van der Waals surface area contributed by atoms with Gasteiger partial charge in [-0.25, -0.2) is 0 Å². The van der Waals surface area contributed by atoms with E-state index in [1.807, 2.05) is 24.3 Å². The molecular formula is C15H23ClN2S. The van der Waals surface area contributed by atoms with Crippen molar-refractivity contribution in [1.29, 1.82) is 0 Å². The second-order valence-electron chi connectivity index (χ2n) is 4.76. The van der Waals surface area contributed by atoms with Gasteiger partial charge in [0.25, 0.3) is 0 Å². The van der Waals surface area contributed by atoms with Crippen molar-refractivity contribution in [2.45, 2.75) is 39.5 Å². The number of hydrogen-bond donors (Lipinski definition) is 2. The summed E-state index contributed by atoms with van der Waals surface area (Å²) in [5, 5.41) is 7.82. The SMILES string of the molecule is CCCCC(CC)CNC(=S)Nc1cccc(Cl)c1. The van der Waals surface area contributed by atoms with Crippen molar-refractivity contribution in [2.24, 2.45) is 5.92 Å². The maximum atomic E-state index is 5.93. The number of thiocarbonyl (C=S) groups is 1. The standard InChI is InChI=1S/C15H23ClN2S/c1-3-5-7-12(4-2)11-17-15(19)18-14-9-6-8-13(16)10-14/h6,8-10,12H,3-5,7,11H2,1-2H3,(H2,17,18,19). The lowest BCUT2D eigenvalue weighted by atomic mass is 9.99. The van der Waals surface area contributed by atoms with Crippen LogP contribution < -0.4 is 10.6 Å². The molecule has 0 aliphatic heterocycles. The average Bonchev–Trinajstić information content (AvgIpc) is 2.39. The fourth-order valence-corrected chi connectivity index (χ4v) is 2.31. The van der Waals surface area contributed by atoms with Crippen molar-refractivity contribution in [1.82, 2.24) is 5.32 Å². The topological polar surface area (TPSA) is 24.1 Å². The molecule has 1 aromatic rings. The van der Waals surface area contributed by atoms with Gasteiger partial charge >= 0.3 is 0 Å². The lowest BCUT2D eigenvalue weighted by Gasteiger charge is -2.17. The van der Waals surface area contributed by atoms with E-state index in [-0.39, 0.29) is 0 Å². The molecule has 0 heterocycles. The maximum Gasteiger partial charge on any atom is 0.170 e. The Morgan fingerprint density at radius 3 is 2.79 bits per heavy atom. The van der Waals surface area contributed by atoms with E-state index in [1.54, 1.807) is 0 Å². The molecule has 1 unspecified atom stereocenters.